The Labute approximate surface area is 202 Å². The number of aliphatic imine (C=N–C) groups is 1. The topological polar surface area (TPSA) is 112 Å². The number of amides is 3. The first-order valence-corrected chi connectivity index (χ1v) is 11.2. The van der Waals surface area contributed by atoms with Gasteiger partial charge in [-0.3, -0.25) is 9.79 Å². The average Bonchev–Trinajstić information content (AvgIpc) is 3.25. The third-order valence-electron chi connectivity index (χ3n) is 5.40. The number of urea groups is 1. The minimum absolute atomic E-state index is 0.369. The van der Waals surface area contributed by atoms with Gasteiger partial charge in [-0.1, -0.05) is 41.9 Å². The fourth-order valence-corrected chi connectivity index (χ4v) is 3.86. The zero-order chi connectivity index (χ0) is 24.1. The Bertz CT molecular complexity index is 1210. The Morgan fingerprint density at radius 1 is 1.00 bits per heavy atom. The van der Waals surface area contributed by atoms with Crippen LogP contribution in [0.4, 0.5) is 21.9 Å². The van der Waals surface area contributed by atoms with Gasteiger partial charge in [0.25, 0.3) is 5.91 Å². The van der Waals surface area contributed by atoms with Crippen molar-refractivity contribution < 1.29 is 9.59 Å². The van der Waals surface area contributed by atoms with E-state index in [9.17, 15) is 9.59 Å². The molecule has 9 heteroatoms. The Kier molecular flexibility index (Phi) is 6.98. The predicted molar refractivity (Wildman–Crippen MR) is 136 cm³/mol. The number of benzene rings is 3. The molecule has 174 valence electrons. The van der Waals surface area contributed by atoms with E-state index in [0.29, 0.717) is 34.5 Å². The first kappa shape index (κ1) is 23.1. The van der Waals surface area contributed by atoms with Crippen molar-refractivity contribution in [2.24, 2.45) is 10.7 Å². The van der Waals surface area contributed by atoms with Crippen molar-refractivity contribution in [1.82, 2.24) is 5.32 Å². The zero-order valence-electron chi connectivity index (χ0n) is 18.6. The van der Waals surface area contributed by atoms with Crippen LogP contribution in [0.25, 0.3) is 0 Å². The SMILES string of the molecule is Cc1cc(NC(=O)[C@H](NC(=O)Nc2ccc(Cl)cc2)c2ccccc2)ccc1N1CCN=C1N. The number of aryl methyl sites for hydroxylation is 1. The summed E-state index contributed by atoms with van der Waals surface area (Å²) >= 11 is 5.90. The summed E-state index contributed by atoms with van der Waals surface area (Å²) in [6.45, 7) is 3.33. The molecule has 5 N–H and O–H groups in total. The van der Waals surface area contributed by atoms with Gasteiger partial charge in [0, 0.05) is 28.6 Å². The van der Waals surface area contributed by atoms with E-state index in [-0.39, 0.29) is 5.91 Å². The van der Waals surface area contributed by atoms with Crippen molar-refractivity contribution in [3.8, 4) is 0 Å². The number of rotatable bonds is 6. The van der Waals surface area contributed by atoms with Crippen LogP contribution < -0.4 is 26.6 Å². The minimum atomic E-state index is -0.908. The lowest BCUT2D eigenvalue weighted by Crippen LogP contribution is -2.39. The van der Waals surface area contributed by atoms with E-state index in [0.717, 1.165) is 17.8 Å². The number of carbonyl (C=O) groups is 2. The number of nitrogens with one attached hydrogen (secondary N) is 3. The van der Waals surface area contributed by atoms with E-state index in [1.165, 1.54) is 0 Å². The maximum absolute atomic E-state index is 13.2. The lowest BCUT2D eigenvalue weighted by atomic mass is 10.1. The Balaban J connectivity index is 1.49. The van der Waals surface area contributed by atoms with Crippen molar-refractivity contribution in [3.05, 3.63) is 88.9 Å². The summed E-state index contributed by atoms with van der Waals surface area (Å²) in [5.41, 5.74) is 9.68. The number of nitrogens with zero attached hydrogens (tertiary/aromatic N) is 2. The van der Waals surface area contributed by atoms with E-state index >= 15 is 0 Å². The van der Waals surface area contributed by atoms with E-state index < -0.39 is 12.1 Å². The predicted octanol–water partition coefficient (Wildman–Crippen LogP) is 4.28. The molecular formula is C25H25ClN6O2. The number of anilines is 3. The first-order valence-electron chi connectivity index (χ1n) is 10.8. The van der Waals surface area contributed by atoms with Gasteiger partial charge in [0.05, 0.1) is 6.54 Å². The molecule has 8 nitrogen and oxygen atoms in total. The van der Waals surface area contributed by atoms with E-state index in [4.69, 9.17) is 17.3 Å². The molecule has 34 heavy (non-hydrogen) atoms. The third kappa shape index (κ3) is 5.47. The largest absolute Gasteiger partial charge is 0.370 e. The number of hydrogen-bond acceptors (Lipinski definition) is 5. The maximum Gasteiger partial charge on any atom is 0.320 e. The summed E-state index contributed by atoms with van der Waals surface area (Å²) in [4.78, 5) is 32.0. The van der Waals surface area contributed by atoms with E-state index in [2.05, 4.69) is 20.9 Å². The molecule has 0 aromatic heterocycles. The van der Waals surface area contributed by atoms with Gasteiger partial charge in [-0.05, 0) is 60.5 Å². The second kappa shape index (κ2) is 10.3. The molecule has 0 radical (unpaired) electrons. The van der Waals surface area contributed by atoms with Crippen LogP contribution in [-0.2, 0) is 4.79 Å². The monoisotopic (exact) mass is 476 g/mol. The van der Waals surface area contributed by atoms with Crippen LogP contribution >= 0.6 is 11.6 Å². The molecule has 0 saturated carbocycles. The van der Waals surface area contributed by atoms with Gasteiger partial charge in [0.15, 0.2) is 5.96 Å². The molecule has 0 fully saturated rings. The summed E-state index contributed by atoms with van der Waals surface area (Å²) in [5, 5.41) is 8.95. The molecule has 1 heterocycles. The van der Waals surface area contributed by atoms with Gasteiger partial charge in [-0.25, -0.2) is 4.79 Å². The average molecular weight is 477 g/mol. The van der Waals surface area contributed by atoms with Crippen LogP contribution in [0.3, 0.4) is 0 Å². The van der Waals surface area contributed by atoms with Crippen LogP contribution in [0.1, 0.15) is 17.2 Å². The van der Waals surface area contributed by atoms with Crippen LogP contribution in [-0.4, -0.2) is 31.0 Å². The Morgan fingerprint density at radius 3 is 2.35 bits per heavy atom. The molecule has 3 aromatic carbocycles. The van der Waals surface area contributed by atoms with E-state index in [1.54, 1.807) is 36.4 Å². The van der Waals surface area contributed by atoms with E-state index in [1.807, 2.05) is 48.2 Å². The number of carbonyl (C=O) groups excluding carboxylic acids is 2. The number of halogens is 1. The molecular weight excluding hydrogens is 452 g/mol. The Hall–Kier alpha value is -4.04. The smallest absolute Gasteiger partial charge is 0.320 e. The third-order valence-corrected chi connectivity index (χ3v) is 5.65. The normalized spacial score (nSPS) is 13.7. The second-order valence-corrected chi connectivity index (χ2v) is 8.27. The summed E-state index contributed by atoms with van der Waals surface area (Å²) in [6, 6.07) is 19.9. The molecule has 1 aliphatic heterocycles. The molecule has 4 rings (SSSR count). The van der Waals surface area contributed by atoms with Crippen molar-refractivity contribution in [2.45, 2.75) is 13.0 Å². The quantitative estimate of drug-likeness (QED) is 0.425. The van der Waals surface area contributed by atoms with Gasteiger partial charge in [-0.2, -0.15) is 0 Å². The molecule has 3 aromatic rings. The van der Waals surface area contributed by atoms with Crippen LogP contribution in [0, 0.1) is 6.92 Å². The summed E-state index contributed by atoms with van der Waals surface area (Å²) in [7, 11) is 0. The lowest BCUT2D eigenvalue weighted by Gasteiger charge is -2.22. The van der Waals surface area contributed by atoms with Gasteiger partial charge in [0.2, 0.25) is 0 Å². The molecule has 0 unspecified atom stereocenters. The highest BCUT2D eigenvalue weighted by Gasteiger charge is 2.24. The maximum atomic E-state index is 13.2. The highest BCUT2D eigenvalue weighted by molar-refractivity contribution is 6.30. The molecule has 0 aliphatic carbocycles. The Morgan fingerprint density at radius 2 is 1.71 bits per heavy atom. The number of hydrogen-bond donors (Lipinski definition) is 4. The van der Waals surface area contributed by atoms with Crippen LogP contribution in [0.2, 0.25) is 5.02 Å². The summed E-state index contributed by atoms with van der Waals surface area (Å²) in [6.07, 6.45) is 0. The second-order valence-electron chi connectivity index (χ2n) is 7.83. The first-order chi connectivity index (χ1) is 16.4. The molecule has 0 spiro atoms. The fourth-order valence-electron chi connectivity index (χ4n) is 3.74. The summed E-state index contributed by atoms with van der Waals surface area (Å²) < 4.78 is 0. The zero-order valence-corrected chi connectivity index (χ0v) is 19.3. The molecule has 1 atom stereocenters. The molecule has 3 amide bonds. The highest BCUT2D eigenvalue weighted by atomic mass is 35.5. The van der Waals surface area contributed by atoms with Gasteiger partial charge >= 0.3 is 6.03 Å². The fraction of sp³-hybridized carbons (Fsp3) is 0.160. The van der Waals surface area contributed by atoms with Gasteiger partial charge in [-0.15, -0.1) is 0 Å². The lowest BCUT2D eigenvalue weighted by molar-refractivity contribution is -0.118. The van der Waals surface area contributed by atoms with Crippen LogP contribution in [0.5, 0.6) is 0 Å². The van der Waals surface area contributed by atoms with Gasteiger partial charge in [0.1, 0.15) is 6.04 Å². The highest BCUT2D eigenvalue weighted by Crippen LogP contribution is 2.26. The molecule has 0 saturated heterocycles. The summed E-state index contributed by atoms with van der Waals surface area (Å²) in [5.74, 6) is 0.117. The van der Waals surface area contributed by atoms with Crippen molar-refractivity contribution in [2.75, 3.05) is 28.6 Å². The van der Waals surface area contributed by atoms with Crippen molar-refractivity contribution in [1.29, 1.82) is 0 Å². The number of nitrogens with two attached hydrogens (primary N) is 1. The van der Waals surface area contributed by atoms with Gasteiger partial charge < -0.3 is 26.6 Å². The molecule has 1 aliphatic rings. The minimum Gasteiger partial charge on any atom is -0.370 e. The van der Waals surface area contributed by atoms with Crippen molar-refractivity contribution >= 4 is 46.6 Å². The molecule has 0 bridgehead atoms. The number of guanidine groups is 1. The van der Waals surface area contributed by atoms with Crippen LogP contribution in [0.15, 0.2) is 77.8 Å². The standard InChI is InChI=1S/C25H25ClN6O2/c1-16-15-20(11-12-21(16)32-14-13-28-24(32)27)29-23(33)22(17-5-3-2-4-6-17)31-25(34)30-19-9-7-18(26)8-10-19/h2-12,15,22H,13-14H2,1H3,(H2,27,28)(H,29,33)(H2,30,31,34)/t22-/m1/s1. The van der Waals surface area contributed by atoms with Crippen molar-refractivity contribution in [3.63, 3.8) is 0 Å².